The summed E-state index contributed by atoms with van der Waals surface area (Å²) in [5, 5.41) is 15.5. The highest BCUT2D eigenvalue weighted by atomic mass is 16.6. The number of esters is 1. The third-order valence-electron chi connectivity index (χ3n) is 5.22. The summed E-state index contributed by atoms with van der Waals surface area (Å²) in [6.45, 7) is -0.451. The van der Waals surface area contributed by atoms with E-state index in [0.29, 0.717) is 11.4 Å². The lowest BCUT2D eigenvalue weighted by Gasteiger charge is -2.16. The fourth-order valence-electron chi connectivity index (χ4n) is 3.66. The Morgan fingerprint density at radius 2 is 1.84 bits per heavy atom. The van der Waals surface area contributed by atoms with Gasteiger partial charge >= 0.3 is 5.97 Å². The number of fused-ring (bicyclic) bond motifs is 1. The van der Waals surface area contributed by atoms with Gasteiger partial charge in [-0.15, -0.1) is 0 Å². The van der Waals surface area contributed by atoms with Crippen molar-refractivity contribution in [2.24, 2.45) is 5.92 Å². The van der Waals surface area contributed by atoms with E-state index in [4.69, 9.17) is 4.74 Å². The molecule has 1 fully saturated rings. The molecule has 1 saturated heterocycles. The predicted octanol–water partition coefficient (Wildman–Crippen LogP) is 3.28. The van der Waals surface area contributed by atoms with Crippen LogP contribution in [-0.4, -0.2) is 35.9 Å². The predicted molar refractivity (Wildman–Crippen MR) is 117 cm³/mol. The minimum atomic E-state index is -0.757. The lowest BCUT2D eigenvalue weighted by atomic mass is 10.1. The number of ether oxygens (including phenoxy) is 1. The van der Waals surface area contributed by atoms with Crippen LogP contribution in [0.2, 0.25) is 0 Å². The Bertz CT molecular complexity index is 1220. The maximum absolute atomic E-state index is 12.4. The molecule has 1 aliphatic heterocycles. The Morgan fingerprint density at radius 3 is 2.66 bits per heavy atom. The first-order chi connectivity index (χ1) is 15.4. The van der Waals surface area contributed by atoms with Gasteiger partial charge in [-0.25, -0.2) is 0 Å². The standard InChI is InChI=1S/C23H19N3O6/c27-21(24-20-10-3-6-15-5-1-2-9-19(15)20)14-32-23(29)16-11-22(28)25(13-16)17-7-4-8-18(12-17)26(30)31/h1-10,12,16H,11,13-14H2,(H,24,27)/t16-/m1/s1. The summed E-state index contributed by atoms with van der Waals surface area (Å²) in [5.74, 6) is -2.26. The molecule has 0 bridgehead atoms. The molecule has 3 aromatic carbocycles. The number of anilines is 2. The van der Waals surface area contributed by atoms with Crippen LogP contribution in [0.25, 0.3) is 10.8 Å². The summed E-state index contributed by atoms with van der Waals surface area (Å²) in [6, 6.07) is 18.7. The van der Waals surface area contributed by atoms with E-state index in [1.54, 1.807) is 12.1 Å². The molecule has 0 unspecified atom stereocenters. The number of non-ortho nitro benzene ring substituents is 1. The summed E-state index contributed by atoms with van der Waals surface area (Å²) in [5.41, 5.74) is 0.802. The van der Waals surface area contributed by atoms with Gasteiger partial charge in [0.1, 0.15) is 0 Å². The molecule has 1 atom stereocenters. The van der Waals surface area contributed by atoms with E-state index in [2.05, 4.69) is 5.32 Å². The topological polar surface area (TPSA) is 119 Å². The van der Waals surface area contributed by atoms with Gasteiger partial charge in [0.25, 0.3) is 11.6 Å². The largest absolute Gasteiger partial charge is 0.455 e. The Morgan fingerprint density at radius 1 is 1.09 bits per heavy atom. The lowest BCUT2D eigenvalue weighted by Crippen LogP contribution is -2.28. The van der Waals surface area contributed by atoms with Gasteiger partial charge in [-0.1, -0.05) is 42.5 Å². The number of nitro groups is 1. The second kappa shape index (κ2) is 8.84. The molecule has 1 heterocycles. The quantitative estimate of drug-likeness (QED) is 0.362. The number of hydrogen-bond donors (Lipinski definition) is 1. The summed E-state index contributed by atoms with van der Waals surface area (Å²) in [4.78, 5) is 48.8. The van der Waals surface area contributed by atoms with Crippen LogP contribution < -0.4 is 10.2 Å². The Kier molecular flexibility index (Phi) is 5.80. The van der Waals surface area contributed by atoms with Crippen molar-refractivity contribution in [1.29, 1.82) is 0 Å². The van der Waals surface area contributed by atoms with Crippen molar-refractivity contribution in [3.63, 3.8) is 0 Å². The lowest BCUT2D eigenvalue weighted by molar-refractivity contribution is -0.384. The molecular formula is C23H19N3O6. The fourth-order valence-corrected chi connectivity index (χ4v) is 3.66. The molecule has 0 aliphatic carbocycles. The van der Waals surface area contributed by atoms with Crippen LogP contribution in [0.15, 0.2) is 66.7 Å². The molecule has 32 heavy (non-hydrogen) atoms. The van der Waals surface area contributed by atoms with Crippen LogP contribution in [0.4, 0.5) is 17.1 Å². The SMILES string of the molecule is O=C(COC(=O)[C@@H]1CC(=O)N(c2cccc([N+](=O)[O-])c2)C1)Nc1cccc2ccccc12. The van der Waals surface area contributed by atoms with Gasteiger partial charge < -0.3 is 15.0 Å². The molecule has 2 amide bonds. The van der Waals surface area contributed by atoms with Crippen LogP contribution in [-0.2, 0) is 19.1 Å². The number of carbonyl (C=O) groups is 3. The van der Waals surface area contributed by atoms with Gasteiger partial charge in [-0.05, 0) is 17.5 Å². The van der Waals surface area contributed by atoms with Crippen molar-refractivity contribution in [2.45, 2.75) is 6.42 Å². The van der Waals surface area contributed by atoms with Crippen LogP contribution in [0.3, 0.4) is 0 Å². The molecule has 4 rings (SSSR count). The summed E-state index contributed by atoms with van der Waals surface area (Å²) >= 11 is 0. The van der Waals surface area contributed by atoms with E-state index >= 15 is 0 Å². The fraction of sp³-hybridized carbons (Fsp3) is 0.174. The maximum atomic E-state index is 12.4. The first-order valence-electron chi connectivity index (χ1n) is 9.91. The van der Waals surface area contributed by atoms with E-state index in [1.807, 2.05) is 36.4 Å². The van der Waals surface area contributed by atoms with Crippen molar-refractivity contribution in [3.05, 3.63) is 76.8 Å². The first-order valence-corrected chi connectivity index (χ1v) is 9.91. The van der Waals surface area contributed by atoms with E-state index in [1.165, 1.54) is 23.1 Å². The van der Waals surface area contributed by atoms with E-state index in [0.717, 1.165) is 10.8 Å². The summed E-state index contributed by atoms with van der Waals surface area (Å²) in [7, 11) is 0. The Labute approximate surface area is 182 Å². The number of nitrogens with one attached hydrogen (secondary N) is 1. The van der Waals surface area contributed by atoms with Crippen molar-refractivity contribution in [1.82, 2.24) is 0 Å². The number of hydrogen-bond acceptors (Lipinski definition) is 6. The smallest absolute Gasteiger partial charge is 0.311 e. The van der Waals surface area contributed by atoms with E-state index in [-0.39, 0.29) is 24.6 Å². The average Bonchev–Trinajstić information content (AvgIpc) is 3.19. The van der Waals surface area contributed by atoms with Crippen molar-refractivity contribution >= 4 is 45.6 Å². The van der Waals surface area contributed by atoms with Crippen molar-refractivity contribution in [2.75, 3.05) is 23.4 Å². The molecular weight excluding hydrogens is 414 g/mol. The minimum absolute atomic E-state index is 0.0315. The van der Waals surface area contributed by atoms with Gasteiger partial charge in [0.05, 0.1) is 16.5 Å². The molecule has 9 nitrogen and oxygen atoms in total. The minimum Gasteiger partial charge on any atom is -0.455 e. The van der Waals surface area contributed by atoms with Gasteiger partial charge in [-0.3, -0.25) is 24.5 Å². The zero-order valence-electron chi connectivity index (χ0n) is 16.9. The number of benzene rings is 3. The van der Waals surface area contributed by atoms with Crippen LogP contribution in [0.1, 0.15) is 6.42 Å². The molecule has 1 N–H and O–H groups in total. The van der Waals surface area contributed by atoms with E-state index in [9.17, 15) is 24.5 Å². The number of nitro benzene ring substituents is 1. The number of rotatable bonds is 6. The Hall–Kier alpha value is -4.27. The number of carbonyl (C=O) groups excluding carboxylic acids is 3. The van der Waals surface area contributed by atoms with Crippen molar-refractivity contribution < 1.29 is 24.0 Å². The van der Waals surface area contributed by atoms with Gasteiger partial charge in [0.15, 0.2) is 6.61 Å². The second-order valence-electron chi connectivity index (χ2n) is 7.36. The normalized spacial score (nSPS) is 15.6. The number of nitrogens with zero attached hydrogens (tertiary/aromatic N) is 2. The molecule has 9 heteroatoms. The summed E-state index contributed by atoms with van der Waals surface area (Å²) in [6.07, 6.45) is -0.0908. The molecule has 0 aromatic heterocycles. The van der Waals surface area contributed by atoms with Crippen LogP contribution in [0, 0.1) is 16.0 Å². The first kappa shape index (κ1) is 21.0. The highest BCUT2D eigenvalue weighted by molar-refractivity contribution is 6.03. The molecule has 3 aromatic rings. The Balaban J connectivity index is 1.35. The van der Waals surface area contributed by atoms with Gasteiger partial charge in [-0.2, -0.15) is 0 Å². The molecule has 162 valence electrons. The van der Waals surface area contributed by atoms with Gasteiger partial charge in [0, 0.05) is 36.2 Å². The summed E-state index contributed by atoms with van der Waals surface area (Å²) < 4.78 is 5.13. The highest BCUT2D eigenvalue weighted by Gasteiger charge is 2.36. The maximum Gasteiger partial charge on any atom is 0.311 e. The third kappa shape index (κ3) is 4.41. The molecule has 1 aliphatic rings. The molecule has 0 saturated carbocycles. The van der Waals surface area contributed by atoms with Gasteiger partial charge in [0.2, 0.25) is 5.91 Å². The average molecular weight is 433 g/mol. The second-order valence-corrected chi connectivity index (χ2v) is 7.36. The van der Waals surface area contributed by atoms with E-state index < -0.39 is 29.3 Å². The molecule has 0 spiro atoms. The zero-order valence-corrected chi connectivity index (χ0v) is 16.9. The zero-order chi connectivity index (χ0) is 22.7. The third-order valence-corrected chi connectivity index (χ3v) is 5.22. The van der Waals surface area contributed by atoms with Crippen LogP contribution in [0.5, 0.6) is 0 Å². The highest BCUT2D eigenvalue weighted by Crippen LogP contribution is 2.28. The van der Waals surface area contributed by atoms with Crippen LogP contribution >= 0.6 is 0 Å². The molecule has 0 radical (unpaired) electrons. The monoisotopic (exact) mass is 433 g/mol. The van der Waals surface area contributed by atoms with Crippen molar-refractivity contribution in [3.8, 4) is 0 Å². The number of amides is 2.